The molecule has 2 rings (SSSR count). The Balaban J connectivity index is 2.28. The molecule has 0 aliphatic heterocycles. The van der Waals surface area contributed by atoms with Crippen LogP contribution in [0.15, 0.2) is 48.5 Å². The fourth-order valence-electron chi connectivity index (χ4n) is 2.15. The van der Waals surface area contributed by atoms with Crippen LogP contribution in [0.5, 0.6) is 0 Å². The fourth-order valence-corrected chi connectivity index (χ4v) is 2.15. The molecule has 0 aromatic heterocycles. The minimum Gasteiger partial charge on any atom is -0.324 e. The highest BCUT2D eigenvalue weighted by molar-refractivity contribution is 5.64. The second-order valence-electron chi connectivity index (χ2n) is 4.86. The molecule has 18 heavy (non-hydrogen) atoms. The van der Waals surface area contributed by atoms with Crippen molar-refractivity contribution in [1.29, 1.82) is 0 Å². The summed E-state index contributed by atoms with van der Waals surface area (Å²) in [6.45, 7) is 4.23. The first-order chi connectivity index (χ1) is 8.70. The summed E-state index contributed by atoms with van der Waals surface area (Å²) < 4.78 is 0. The molecule has 2 aromatic carbocycles. The lowest BCUT2D eigenvalue weighted by Gasteiger charge is -2.09. The van der Waals surface area contributed by atoms with Gasteiger partial charge in [0.2, 0.25) is 0 Å². The summed E-state index contributed by atoms with van der Waals surface area (Å²) in [6.07, 6.45) is 2.35. The Morgan fingerprint density at radius 3 is 2.33 bits per heavy atom. The van der Waals surface area contributed by atoms with Crippen LogP contribution in [-0.4, -0.2) is 0 Å². The number of hydrogen-bond acceptors (Lipinski definition) is 1. The molecule has 0 aliphatic rings. The van der Waals surface area contributed by atoms with E-state index in [-0.39, 0.29) is 6.04 Å². The lowest BCUT2D eigenvalue weighted by molar-refractivity contribution is 0.819. The molecule has 0 saturated carbocycles. The average molecular weight is 239 g/mol. The molecule has 0 heterocycles. The maximum absolute atomic E-state index is 5.92. The van der Waals surface area contributed by atoms with Gasteiger partial charge in [0.25, 0.3) is 0 Å². The van der Waals surface area contributed by atoms with Crippen molar-refractivity contribution >= 4 is 0 Å². The highest BCUT2D eigenvalue weighted by Gasteiger charge is 2.02. The van der Waals surface area contributed by atoms with Crippen LogP contribution in [-0.2, 0) is 6.42 Å². The van der Waals surface area contributed by atoms with Crippen LogP contribution >= 0.6 is 0 Å². The first kappa shape index (κ1) is 12.8. The summed E-state index contributed by atoms with van der Waals surface area (Å²) in [4.78, 5) is 0. The van der Waals surface area contributed by atoms with Crippen molar-refractivity contribution in [3.05, 3.63) is 59.7 Å². The zero-order valence-corrected chi connectivity index (χ0v) is 11.2. The Bertz CT molecular complexity index is 497. The van der Waals surface area contributed by atoms with Crippen LogP contribution in [0.25, 0.3) is 11.1 Å². The normalized spacial score (nSPS) is 12.4. The van der Waals surface area contributed by atoms with Crippen molar-refractivity contribution < 1.29 is 0 Å². The smallest absolute Gasteiger partial charge is 0.0266 e. The van der Waals surface area contributed by atoms with Gasteiger partial charge in [0.15, 0.2) is 0 Å². The molecule has 94 valence electrons. The van der Waals surface area contributed by atoms with Gasteiger partial charge in [-0.3, -0.25) is 0 Å². The van der Waals surface area contributed by atoms with Crippen LogP contribution < -0.4 is 5.73 Å². The molecule has 0 saturated heterocycles. The van der Waals surface area contributed by atoms with E-state index in [0.717, 1.165) is 6.42 Å². The van der Waals surface area contributed by atoms with Crippen LogP contribution in [0, 0.1) is 0 Å². The third kappa shape index (κ3) is 2.99. The molecule has 2 aromatic rings. The summed E-state index contributed by atoms with van der Waals surface area (Å²) in [5.74, 6) is 0. The van der Waals surface area contributed by atoms with Crippen molar-refractivity contribution in [2.45, 2.75) is 32.7 Å². The zero-order valence-electron chi connectivity index (χ0n) is 11.2. The molecule has 1 unspecified atom stereocenters. The molecular formula is C17H21N. The molecule has 1 nitrogen and oxygen atoms in total. The van der Waals surface area contributed by atoms with Gasteiger partial charge in [-0.2, -0.15) is 0 Å². The number of benzene rings is 2. The van der Waals surface area contributed by atoms with Gasteiger partial charge < -0.3 is 5.73 Å². The quantitative estimate of drug-likeness (QED) is 0.844. The molecule has 0 amide bonds. The van der Waals surface area contributed by atoms with Gasteiger partial charge in [0, 0.05) is 6.04 Å². The minimum atomic E-state index is 0.0873. The fraction of sp³-hybridized carbons (Fsp3) is 0.294. The Labute approximate surface area is 110 Å². The molecule has 0 aliphatic carbocycles. The summed E-state index contributed by atoms with van der Waals surface area (Å²) >= 11 is 0. The summed E-state index contributed by atoms with van der Waals surface area (Å²) in [7, 11) is 0. The Morgan fingerprint density at radius 2 is 1.72 bits per heavy atom. The van der Waals surface area contributed by atoms with E-state index < -0.39 is 0 Å². The van der Waals surface area contributed by atoms with Crippen molar-refractivity contribution in [3.63, 3.8) is 0 Å². The zero-order chi connectivity index (χ0) is 13.0. The second-order valence-corrected chi connectivity index (χ2v) is 4.86. The molecular weight excluding hydrogens is 218 g/mol. The maximum Gasteiger partial charge on any atom is 0.0266 e. The van der Waals surface area contributed by atoms with Gasteiger partial charge in [-0.1, -0.05) is 55.8 Å². The van der Waals surface area contributed by atoms with Crippen molar-refractivity contribution in [2.75, 3.05) is 0 Å². The third-order valence-electron chi connectivity index (χ3n) is 3.24. The van der Waals surface area contributed by atoms with Crippen LogP contribution in [0.4, 0.5) is 0 Å². The lowest BCUT2D eigenvalue weighted by atomic mass is 9.99. The van der Waals surface area contributed by atoms with Gasteiger partial charge >= 0.3 is 0 Å². The van der Waals surface area contributed by atoms with Crippen molar-refractivity contribution in [3.8, 4) is 11.1 Å². The van der Waals surface area contributed by atoms with E-state index in [2.05, 4.69) is 55.5 Å². The van der Waals surface area contributed by atoms with Crippen LogP contribution in [0.2, 0.25) is 0 Å². The second kappa shape index (κ2) is 5.83. The first-order valence-corrected chi connectivity index (χ1v) is 6.65. The molecule has 0 fully saturated rings. The van der Waals surface area contributed by atoms with E-state index in [1.807, 2.05) is 6.92 Å². The molecule has 0 bridgehead atoms. The highest BCUT2D eigenvalue weighted by Crippen LogP contribution is 2.23. The van der Waals surface area contributed by atoms with E-state index in [0.29, 0.717) is 0 Å². The van der Waals surface area contributed by atoms with Gasteiger partial charge in [-0.05, 0) is 41.7 Å². The summed E-state index contributed by atoms with van der Waals surface area (Å²) in [6, 6.07) is 17.4. The standard InChI is InChI=1S/C17H21N/c1-3-5-14-8-10-15(11-9-14)17-7-4-6-16(12-17)13(2)18/h4,6-13H,3,5,18H2,1-2H3. The molecule has 1 heteroatoms. The minimum absolute atomic E-state index is 0.0873. The van der Waals surface area contributed by atoms with Gasteiger partial charge in [-0.25, -0.2) is 0 Å². The van der Waals surface area contributed by atoms with Gasteiger partial charge in [0.05, 0.1) is 0 Å². The van der Waals surface area contributed by atoms with Crippen LogP contribution in [0.3, 0.4) is 0 Å². The molecule has 0 radical (unpaired) electrons. The Morgan fingerprint density at radius 1 is 1.00 bits per heavy atom. The van der Waals surface area contributed by atoms with Crippen molar-refractivity contribution in [2.24, 2.45) is 5.73 Å². The summed E-state index contributed by atoms with van der Waals surface area (Å²) in [5.41, 5.74) is 11.0. The predicted molar refractivity (Wildman–Crippen MR) is 78.5 cm³/mol. The Hall–Kier alpha value is -1.60. The van der Waals surface area contributed by atoms with E-state index in [1.165, 1.54) is 28.7 Å². The van der Waals surface area contributed by atoms with Crippen molar-refractivity contribution in [1.82, 2.24) is 0 Å². The van der Waals surface area contributed by atoms with Crippen LogP contribution in [0.1, 0.15) is 37.4 Å². The largest absolute Gasteiger partial charge is 0.324 e. The highest BCUT2D eigenvalue weighted by atomic mass is 14.6. The Kier molecular flexibility index (Phi) is 4.16. The molecule has 1 atom stereocenters. The average Bonchev–Trinajstić information content (AvgIpc) is 2.40. The topological polar surface area (TPSA) is 26.0 Å². The third-order valence-corrected chi connectivity index (χ3v) is 3.24. The number of nitrogens with two attached hydrogens (primary N) is 1. The lowest BCUT2D eigenvalue weighted by Crippen LogP contribution is -2.04. The van der Waals surface area contributed by atoms with E-state index in [4.69, 9.17) is 5.73 Å². The van der Waals surface area contributed by atoms with Gasteiger partial charge in [0.1, 0.15) is 0 Å². The predicted octanol–water partition coefficient (Wildman–Crippen LogP) is 4.33. The molecule has 2 N–H and O–H groups in total. The molecule has 0 spiro atoms. The first-order valence-electron chi connectivity index (χ1n) is 6.65. The number of rotatable bonds is 4. The van der Waals surface area contributed by atoms with E-state index in [9.17, 15) is 0 Å². The van der Waals surface area contributed by atoms with Gasteiger partial charge in [-0.15, -0.1) is 0 Å². The van der Waals surface area contributed by atoms with E-state index in [1.54, 1.807) is 0 Å². The SMILES string of the molecule is CCCc1ccc(-c2cccc(C(C)N)c2)cc1. The monoisotopic (exact) mass is 239 g/mol. The maximum atomic E-state index is 5.92. The number of hydrogen-bond donors (Lipinski definition) is 1. The number of aryl methyl sites for hydroxylation is 1. The summed E-state index contributed by atoms with van der Waals surface area (Å²) in [5, 5.41) is 0. The van der Waals surface area contributed by atoms with E-state index >= 15 is 0 Å².